The van der Waals surface area contributed by atoms with Crippen LogP contribution in [0.1, 0.15) is 20.7 Å². The van der Waals surface area contributed by atoms with E-state index in [1.165, 1.54) is 0 Å². The SMILES string of the molecule is NCCC[C@H](N)CC(=O)N[C@@H]1[C@H](O)[C@@H](OC(N)=O)[C@@H](CO)O[C@H]1NC1=N[C@@H]2C(=O)NC[C@@H](O)[C@H]2N1.[Cl-].[H+]. The van der Waals surface area contributed by atoms with Crippen LogP contribution in [0.5, 0.6) is 0 Å². The summed E-state index contributed by atoms with van der Waals surface area (Å²) in [5.74, 6) is -0.828. The van der Waals surface area contributed by atoms with Crippen molar-refractivity contribution < 1.29 is 53.0 Å². The number of fused-ring (bicyclic) bond motifs is 1. The van der Waals surface area contributed by atoms with E-state index < -0.39 is 73.4 Å². The lowest BCUT2D eigenvalue weighted by molar-refractivity contribution is -0.198. The molecule has 0 unspecified atom stereocenters. The lowest BCUT2D eigenvalue weighted by Gasteiger charge is -2.44. The normalized spacial score (nSPS) is 34.1. The van der Waals surface area contributed by atoms with Crippen LogP contribution < -0.4 is 50.9 Å². The summed E-state index contributed by atoms with van der Waals surface area (Å²) in [5.41, 5.74) is 16.5. The van der Waals surface area contributed by atoms with Gasteiger partial charge in [0.2, 0.25) is 11.8 Å². The number of aliphatic hydroxyl groups is 3. The molecule has 36 heavy (non-hydrogen) atoms. The Morgan fingerprint density at radius 2 is 2.08 bits per heavy atom. The molecule has 0 aromatic carbocycles. The van der Waals surface area contributed by atoms with Crippen molar-refractivity contribution in [3.63, 3.8) is 0 Å². The van der Waals surface area contributed by atoms with Gasteiger partial charge >= 0.3 is 7.52 Å². The first-order chi connectivity index (χ1) is 16.6. The Bertz CT molecular complexity index is 829. The fourth-order valence-corrected chi connectivity index (χ4v) is 4.30. The van der Waals surface area contributed by atoms with Crippen LogP contribution in [-0.2, 0) is 19.1 Å². The fraction of sp³-hybridized carbons (Fsp3) is 0.789. The Kier molecular flexibility index (Phi) is 10.9. The van der Waals surface area contributed by atoms with E-state index in [-0.39, 0.29) is 38.7 Å². The van der Waals surface area contributed by atoms with Crippen molar-refractivity contribution in [2.75, 3.05) is 19.7 Å². The third-order valence-corrected chi connectivity index (χ3v) is 6.06. The molecule has 2 saturated heterocycles. The summed E-state index contributed by atoms with van der Waals surface area (Å²) in [6.07, 6.45) is -6.36. The number of aliphatic hydroxyl groups excluding tert-OH is 3. The Hall–Kier alpha value is -2.47. The van der Waals surface area contributed by atoms with Crippen molar-refractivity contribution in [2.24, 2.45) is 22.2 Å². The number of hydrogen-bond acceptors (Lipinski definition) is 13. The molecule has 0 spiro atoms. The number of primary amides is 1. The number of carbonyl (C=O) groups is 3. The second-order valence-corrected chi connectivity index (χ2v) is 8.71. The van der Waals surface area contributed by atoms with E-state index >= 15 is 0 Å². The summed E-state index contributed by atoms with van der Waals surface area (Å²) in [5, 5.41) is 41.7. The van der Waals surface area contributed by atoms with Gasteiger partial charge in [-0.1, -0.05) is 0 Å². The first kappa shape index (κ1) is 29.8. The third kappa shape index (κ3) is 7.06. The molecule has 3 heterocycles. The molecule has 3 aliphatic rings. The van der Waals surface area contributed by atoms with Crippen LogP contribution in [0.3, 0.4) is 0 Å². The highest BCUT2D eigenvalue weighted by atomic mass is 35.5. The van der Waals surface area contributed by atoms with E-state index in [0.29, 0.717) is 19.4 Å². The molecule has 13 N–H and O–H groups in total. The number of aliphatic imine (C=N–C) groups is 1. The fourth-order valence-electron chi connectivity index (χ4n) is 4.30. The molecule has 0 radical (unpaired) electrons. The van der Waals surface area contributed by atoms with E-state index in [4.69, 9.17) is 26.7 Å². The number of hydrogen-bond donors (Lipinski definition) is 10. The zero-order valence-electron chi connectivity index (χ0n) is 20.4. The van der Waals surface area contributed by atoms with E-state index in [1.54, 1.807) is 0 Å². The van der Waals surface area contributed by atoms with Gasteiger partial charge in [-0.25, -0.2) is 9.79 Å². The Morgan fingerprint density at radius 3 is 2.69 bits per heavy atom. The van der Waals surface area contributed by atoms with Crippen molar-refractivity contribution >= 4 is 23.9 Å². The Balaban J connectivity index is 0.00000342. The zero-order valence-corrected chi connectivity index (χ0v) is 20.1. The van der Waals surface area contributed by atoms with Crippen molar-refractivity contribution in [3.8, 4) is 0 Å². The highest BCUT2D eigenvalue weighted by molar-refractivity contribution is 5.92. The van der Waals surface area contributed by atoms with Crippen LogP contribution in [-0.4, -0.2) is 114 Å². The molecule has 9 atom stereocenters. The smallest absolute Gasteiger partial charge is 1.00 e. The minimum Gasteiger partial charge on any atom is -1.00 e. The second-order valence-electron chi connectivity index (χ2n) is 8.71. The second kappa shape index (κ2) is 13.2. The van der Waals surface area contributed by atoms with Crippen LogP contribution in [0.2, 0.25) is 0 Å². The molecular weight excluding hydrogens is 504 g/mol. The van der Waals surface area contributed by atoms with Crippen LogP contribution >= 0.6 is 0 Å². The Labute approximate surface area is 214 Å². The molecule has 16 nitrogen and oxygen atoms in total. The van der Waals surface area contributed by atoms with Crippen LogP contribution in [0, 0.1) is 0 Å². The van der Waals surface area contributed by atoms with E-state index in [9.17, 15) is 29.7 Å². The molecule has 0 aliphatic carbocycles. The number of nitrogens with one attached hydrogen (secondary N) is 4. The highest BCUT2D eigenvalue weighted by Gasteiger charge is 2.49. The van der Waals surface area contributed by atoms with Gasteiger partial charge in [0.1, 0.15) is 18.2 Å². The maximum Gasteiger partial charge on any atom is 1.00 e. The maximum atomic E-state index is 12.7. The van der Waals surface area contributed by atoms with Crippen LogP contribution in [0.25, 0.3) is 0 Å². The molecule has 3 amide bonds. The number of nitrogens with zero attached hydrogens (tertiary/aromatic N) is 1. The van der Waals surface area contributed by atoms with Gasteiger partial charge in [0, 0.05) is 19.0 Å². The van der Waals surface area contributed by atoms with Crippen LogP contribution in [0.4, 0.5) is 4.79 Å². The molecule has 0 aromatic rings. The summed E-state index contributed by atoms with van der Waals surface area (Å²) in [6, 6.07) is -3.27. The Morgan fingerprint density at radius 1 is 1.36 bits per heavy atom. The summed E-state index contributed by atoms with van der Waals surface area (Å²) < 4.78 is 10.7. The third-order valence-electron chi connectivity index (χ3n) is 6.06. The monoisotopic (exact) mass is 538 g/mol. The van der Waals surface area contributed by atoms with Gasteiger partial charge in [-0.15, -0.1) is 0 Å². The van der Waals surface area contributed by atoms with E-state index in [0.717, 1.165) is 0 Å². The summed E-state index contributed by atoms with van der Waals surface area (Å²) in [4.78, 5) is 40.3. The minimum atomic E-state index is -1.55. The lowest BCUT2D eigenvalue weighted by atomic mass is 9.95. The molecule has 2 fully saturated rings. The summed E-state index contributed by atoms with van der Waals surface area (Å²) in [7, 11) is 0. The number of halogens is 1. The molecule has 0 saturated carbocycles. The average Bonchev–Trinajstić information content (AvgIpc) is 3.24. The van der Waals surface area contributed by atoms with Gasteiger partial charge < -0.3 is 75.7 Å². The number of nitrogens with two attached hydrogens (primary N) is 3. The number of ether oxygens (including phenoxy) is 2. The molecule has 3 rings (SSSR count). The number of amides is 3. The molecule has 0 aromatic heterocycles. The van der Waals surface area contributed by atoms with Crippen molar-refractivity contribution in [1.29, 1.82) is 0 Å². The van der Waals surface area contributed by atoms with Crippen molar-refractivity contribution in [3.05, 3.63) is 0 Å². The first-order valence-electron chi connectivity index (χ1n) is 11.4. The number of piperidine rings is 1. The number of carbonyl (C=O) groups excluding carboxylic acids is 3. The summed E-state index contributed by atoms with van der Waals surface area (Å²) in [6.45, 7) is -0.171. The number of guanidine groups is 1. The molecule has 206 valence electrons. The molecule has 17 heteroatoms. The van der Waals surface area contributed by atoms with Gasteiger partial charge in [-0.05, 0) is 19.4 Å². The van der Waals surface area contributed by atoms with Gasteiger partial charge in [0.15, 0.2) is 24.3 Å². The standard InChI is InChI=1S/C19H34N8O8.ClH/c20-3-1-2-7(21)4-10(30)24-13-14(31)15(35-18(22)33)9(6-28)34-17(13)27-19-25-11-8(29)5-23-16(32)12(11)26-19;/h7-9,11-15,17,28-29,31H,1-6,20-21H2,(H2,22,33)(H,23,32)(H,24,30)(H2,25,26,27);1H/t7-,8+,9+,11+,12-,13+,14-,15-,17+;/m0./s1. The molecular formula is C19H35ClN8O8. The predicted molar refractivity (Wildman–Crippen MR) is 120 cm³/mol. The highest BCUT2D eigenvalue weighted by Crippen LogP contribution is 2.24. The van der Waals surface area contributed by atoms with Gasteiger partial charge in [-0.3, -0.25) is 9.59 Å². The number of β-amino-alcohol motifs (C(OH)–C–C–N with tert-alkyl or cyclic N) is 1. The van der Waals surface area contributed by atoms with Gasteiger partial charge in [-0.2, -0.15) is 0 Å². The molecule has 0 bridgehead atoms. The van der Waals surface area contributed by atoms with E-state index in [2.05, 4.69) is 26.3 Å². The zero-order chi connectivity index (χ0) is 25.7. The topological polar surface area (TPSA) is 269 Å². The predicted octanol–water partition coefficient (Wildman–Crippen LogP) is -8.64. The van der Waals surface area contributed by atoms with Crippen LogP contribution in [0.15, 0.2) is 4.99 Å². The quantitative estimate of drug-likeness (QED) is 0.131. The molecule has 3 aliphatic heterocycles. The van der Waals surface area contributed by atoms with Crippen molar-refractivity contribution in [2.45, 2.75) is 74.1 Å². The van der Waals surface area contributed by atoms with E-state index in [1.807, 2.05) is 0 Å². The summed E-state index contributed by atoms with van der Waals surface area (Å²) >= 11 is 0. The first-order valence-corrected chi connectivity index (χ1v) is 11.4. The van der Waals surface area contributed by atoms with Gasteiger partial charge in [0.25, 0.3) is 0 Å². The average molecular weight is 539 g/mol. The van der Waals surface area contributed by atoms with Gasteiger partial charge in [0.05, 0.1) is 18.8 Å². The lowest BCUT2D eigenvalue weighted by Crippen LogP contribution is -3.00. The number of rotatable bonds is 9. The largest absolute Gasteiger partial charge is 1.00 e. The van der Waals surface area contributed by atoms with Crippen molar-refractivity contribution in [1.82, 2.24) is 21.3 Å². The minimum absolute atomic E-state index is 0. The maximum absolute atomic E-state index is 12.7.